The van der Waals surface area contributed by atoms with Crippen molar-refractivity contribution < 1.29 is 4.74 Å². The highest BCUT2D eigenvalue weighted by molar-refractivity contribution is 5.81. The fourth-order valence-corrected chi connectivity index (χ4v) is 3.24. The molecule has 0 aliphatic heterocycles. The number of fused-ring (bicyclic) bond motifs is 1. The van der Waals surface area contributed by atoms with Crippen LogP contribution < -0.4 is 5.32 Å². The average molecular weight is 273 g/mol. The zero-order chi connectivity index (χ0) is 13.9. The molecule has 1 aromatic heterocycles. The van der Waals surface area contributed by atoms with Crippen LogP contribution in [0.5, 0.6) is 0 Å². The smallest absolute Gasteiger partial charge is 0.0841 e. The minimum absolute atomic E-state index is 0.356. The Bertz CT molecular complexity index is 578. The predicted molar refractivity (Wildman–Crippen MR) is 80.7 cm³/mol. The van der Waals surface area contributed by atoms with E-state index in [2.05, 4.69) is 41.2 Å². The maximum absolute atomic E-state index is 5.54. The van der Waals surface area contributed by atoms with Crippen LogP contribution in [0.25, 0.3) is 10.9 Å². The number of aromatic nitrogens is 2. The van der Waals surface area contributed by atoms with Crippen molar-refractivity contribution in [1.82, 2.24) is 15.1 Å². The lowest BCUT2D eigenvalue weighted by Gasteiger charge is -2.19. The Balaban J connectivity index is 1.77. The first kappa shape index (κ1) is 13.6. The van der Waals surface area contributed by atoms with Crippen LogP contribution >= 0.6 is 0 Å². The fraction of sp³-hybridized carbons (Fsp3) is 0.562. The molecule has 4 nitrogen and oxygen atoms in total. The molecule has 1 aliphatic carbocycles. The molecular formula is C16H23N3O. The normalized spacial score (nSPS) is 22.7. The summed E-state index contributed by atoms with van der Waals surface area (Å²) < 4.78 is 7.62. The van der Waals surface area contributed by atoms with Crippen molar-refractivity contribution >= 4 is 10.9 Å². The van der Waals surface area contributed by atoms with Gasteiger partial charge in [0.15, 0.2) is 0 Å². The molecule has 0 saturated heterocycles. The zero-order valence-corrected chi connectivity index (χ0v) is 12.3. The van der Waals surface area contributed by atoms with E-state index >= 15 is 0 Å². The summed E-state index contributed by atoms with van der Waals surface area (Å²) >= 11 is 0. The Morgan fingerprint density at radius 1 is 1.35 bits per heavy atom. The van der Waals surface area contributed by atoms with Gasteiger partial charge in [-0.3, -0.25) is 4.68 Å². The molecule has 2 aromatic rings. The lowest BCUT2D eigenvalue weighted by molar-refractivity contribution is 0.0846. The van der Waals surface area contributed by atoms with Crippen LogP contribution in [0.1, 0.15) is 31.9 Å². The Labute approximate surface area is 120 Å². The van der Waals surface area contributed by atoms with Crippen LogP contribution in [-0.2, 0) is 17.8 Å². The number of hydrogen-bond donors (Lipinski definition) is 1. The fourth-order valence-electron chi connectivity index (χ4n) is 3.24. The molecular weight excluding hydrogens is 250 g/mol. The summed E-state index contributed by atoms with van der Waals surface area (Å²) in [6.45, 7) is 3.86. The van der Waals surface area contributed by atoms with Crippen molar-refractivity contribution in [2.75, 3.05) is 7.11 Å². The molecule has 2 unspecified atom stereocenters. The molecule has 0 amide bonds. The molecule has 0 radical (unpaired) electrons. The summed E-state index contributed by atoms with van der Waals surface area (Å²) in [5.41, 5.74) is 2.37. The topological polar surface area (TPSA) is 39.1 Å². The summed E-state index contributed by atoms with van der Waals surface area (Å²) in [6.07, 6.45) is 3.97. The maximum Gasteiger partial charge on any atom is 0.0841 e. The van der Waals surface area contributed by atoms with Crippen LogP contribution in [0.2, 0.25) is 0 Å². The molecule has 1 aromatic carbocycles. The highest BCUT2D eigenvalue weighted by Gasteiger charge is 2.26. The van der Waals surface area contributed by atoms with E-state index in [4.69, 9.17) is 9.84 Å². The summed E-state index contributed by atoms with van der Waals surface area (Å²) in [5, 5.41) is 9.62. The zero-order valence-electron chi connectivity index (χ0n) is 12.3. The number of hydrogen-bond acceptors (Lipinski definition) is 3. The van der Waals surface area contributed by atoms with Gasteiger partial charge in [0.05, 0.1) is 17.3 Å². The number of nitrogens with one attached hydrogen (secondary N) is 1. The second-order valence-corrected chi connectivity index (χ2v) is 5.47. The maximum atomic E-state index is 5.54. The van der Waals surface area contributed by atoms with E-state index in [-0.39, 0.29) is 0 Å². The Morgan fingerprint density at radius 3 is 3.00 bits per heavy atom. The van der Waals surface area contributed by atoms with E-state index in [9.17, 15) is 0 Å². The van der Waals surface area contributed by atoms with Gasteiger partial charge >= 0.3 is 0 Å². The molecule has 1 saturated carbocycles. The number of ether oxygens (including phenoxy) is 1. The third kappa shape index (κ3) is 2.45. The number of rotatable bonds is 5. The predicted octanol–water partition coefficient (Wildman–Crippen LogP) is 2.71. The molecule has 0 spiro atoms. The number of para-hydroxylation sites is 1. The van der Waals surface area contributed by atoms with Gasteiger partial charge in [-0.25, -0.2) is 0 Å². The first-order valence-corrected chi connectivity index (χ1v) is 7.54. The van der Waals surface area contributed by atoms with Gasteiger partial charge in [0.1, 0.15) is 0 Å². The van der Waals surface area contributed by atoms with Gasteiger partial charge in [-0.1, -0.05) is 18.2 Å². The summed E-state index contributed by atoms with van der Waals surface area (Å²) in [6, 6.07) is 8.92. The molecule has 20 heavy (non-hydrogen) atoms. The van der Waals surface area contributed by atoms with Gasteiger partial charge in [0.2, 0.25) is 0 Å². The number of aryl methyl sites for hydroxylation is 1. The lowest BCUT2D eigenvalue weighted by atomic mass is 10.2. The summed E-state index contributed by atoms with van der Waals surface area (Å²) in [7, 11) is 1.81. The molecule has 4 heteroatoms. The Morgan fingerprint density at radius 2 is 2.20 bits per heavy atom. The average Bonchev–Trinajstić information content (AvgIpc) is 3.09. The van der Waals surface area contributed by atoms with Crippen LogP contribution in [0, 0.1) is 0 Å². The molecule has 3 rings (SSSR count). The van der Waals surface area contributed by atoms with Crippen molar-refractivity contribution in [1.29, 1.82) is 0 Å². The lowest BCUT2D eigenvalue weighted by Crippen LogP contribution is -2.36. The van der Waals surface area contributed by atoms with E-state index in [1.165, 1.54) is 23.7 Å². The first-order valence-electron chi connectivity index (χ1n) is 7.54. The quantitative estimate of drug-likeness (QED) is 0.910. The van der Waals surface area contributed by atoms with E-state index in [1.807, 2.05) is 7.11 Å². The minimum atomic E-state index is 0.356. The molecule has 2 atom stereocenters. The largest absolute Gasteiger partial charge is 0.380 e. The standard InChI is InChI=1S/C16H23N3O/c1-3-19-15-9-5-4-7-12(15)14(18-19)11-17-13-8-6-10-16(13)20-2/h4-5,7,9,13,16-17H,3,6,8,10-11H2,1-2H3. The first-order chi connectivity index (χ1) is 9.83. The van der Waals surface area contributed by atoms with Crippen LogP contribution in [0.15, 0.2) is 24.3 Å². The van der Waals surface area contributed by atoms with Crippen molar-refractivity contribution in [3.63, 3.8) is 0 Å². The minimum Gasteiger partial charge on any atom is -0.380 e. The number of nitrogens with zero attached hydrogens (tertiary/aromatic N) is 2. The van der Waals surface area contributed by atoms with Gasteiger partial charge < -0.3 is 10.1 Å². The highest BCUT2D eigenvalue weighted by atomic mass is 16.5. The molecule has 0 bridgehead atoms. The molecule has 1 aliphatic rings. The Kier molecular flexibility index (Phi) is 4.03. The van der Waals surface area contributed by atoms with Crippen LogP contribution in [-0.4, -0.2) is 29.0 Å². The van der Waals surface area contributed by atoms with E-state index in [0.717, 1.165) is 25.2 Å². The molecule has 1 N–H and O–H groups in total. The van der Waals surface area contributed by atoms with E-state index in [0.29, 0.717) is 12.1 Å². The van der Waals surface area contributed by atoms with Crippen LogP contribution in [0.3, 0.4) is 0 Å². The van der Waals surface area contributed by atoms with Gasteiger partial charge in [-0.15, -0.1) is 0 Å². The van der Waals surface area contributed by atoms with Gasteiger partial charge in [-0.2, -0.15) is 5.10 Å². The number of methoxy groups -OCH3 is 1. The Hall–Kier alpha value is -1.39. The van der Waals surface area contributed by atoms with Crippen LogP contribution in [0.4, 0.5) is 0 Å². The second-order valence-electron chi connectivity index (χ2n) is 5.47. The van der Waals surface area contributed by atoms with Gasteiger partial charge in [0.25, 0.3) is 0 Å². The van der Waals surface area contributed by atoms with Crippen molar-refractivity contribution in [3.05, 3.63) is 30.0 Å². The summed E-state index contributed by atoms with van der Waals surface area (Å²) in [5.74, 6) is 0. The third-order valence-electron chi connectivity index (χ3n) is 4.32. The molecule has 1 heterocycles. The highest BCUT2D eigenvalue weighted by Crippen LogP contribution is 2.23. The SMILES string of the molecule is CCn1nc(CNC2CCCC2OC)c2ccccc21. The van der Waals surface area contributed by atoms with Crippen molar-refractivity contribution in [2.24, 2.45) is 0 Å². The molecule has 1 fully saturated rings. The van der Waals surface area contributed by atoms with E-state index in [1.54, 1.807) is 0 Å². The van der Waals surface area contributed by atoms with Crippen molar-refractivity contribution in [3.8, 4) is 0 Å². The number of benzene rings is 1. The molecule has 108 valence electrons. The second kappa shape index (κ2) is 5.94. The van der Waals surface area contributed by atoms with Crippen molar-refractivity contribution in [2.45, 2.75) is 51.4 Å². The summed E-state index contributed by atoms with van der Waals surface area (Å²) in [4.78, 5) is 0. The monoisotopic (exact) mass is 273 g/mol. The van der Waals surface area contributed by atoms with Gasteiger partial charge in [-0.05, 0) is 32.3 Å². The van der Waals surface area contributed by atoms with Gasteiger partial charge in [0, 0.05) is 31.6 Å². The third-order valence-corrected chi connectivity index (χ3v) is 4.32. The van der Waals surface area contributed by atoms with E-state index < -0.39 is 0 Å².